The predicted octanol–water partition coefficient (Wildman–Crippen LogP) is 5.05. The molecule has 1 saturated heterocycles. The fraction of sp³-hybridized carbons (Fsp3) is 0.222. The Kier molecular flexibility index (Phi) is 5.32. The molecule has 0 aromatic heterocycles. The van der Waals surface area contributed by atoms with E-state index in [2.05, 4.69) is 0 Å². The van der Waals surface area contributed by atoms with Gasteiger partial charge in [-0.15, -0.1) is 0 Å². The fourth-order valence-electron chi connectivity index (χ4n) is 5.29. The Balaban J connectivity index is 1.68. The van der Waals surface area contributed by atoms with Gasteiger partial charge in [-0.25, -0.2) is 0 Å². The van der Waals surface area contributed by atoms with Gasteiger partial charge in [0.25, 0.3) is 11.6 Å². The van der Waals surface area contributed by atoms with Gasteiger partial charge in [0.15, 0.2) is 0 Å². The number of carbonyl (C=O) groups is 3. The second-order valence-corrected chi connectivity index (χ2v) is 8.77. The zero-order valence-corrected chi connectivity index (χ0v) is 18.3. The quantitative estimate of drug-likeness (QED) is 0.238. The number of non-ortho nitro benzene ring substituents is 1. The van der Waals surface area contributed by atoms with Crippen molar-refractivity contribution in [3.05, 3.63) is 94.5 Å². The Morgan fingerprint density at radius 3 is 2.24 bits per heavy atom. The van der Waals surface area contributed by atoms with Crippen LogP contribution in [0.15, 0.2) is 78.9 Å². The fourth-order valence-corrected chi connectivity index (χ4v) is 5.29. The lowest BCUT2D eigenvalue weighted by atomic mass is 9.65. The first-order valence-corrected chi connectivity index (χ1v) is 11.2. The number of anilines is 1. The van der Waals surface area contributed by atoms with E-state index in [9.17, 15) is 24.5 Å². The van der Waals surface area contributed by atoms with Gasteiger partial charge in [0.2, 0.25) is 5.78 Å². The van der Waals surface area contributed by atoms with Crippen LogP contribution in [0.3, 0.4) is 0 Å². The number of nitrogens with zero attached hydrogens (tertiary/aromatic N) is 2. The number of amides is 1. The van der Waals surface area contributed by atoms with Gasteiger partial charge < -0.3 is 0 Å². The van der Waals surface area contributed by atoms with E-state index >= 15 is 0 Å². The van der Waals surface area contributed by atoms with Gasteiger partial charge in [-0.3, -0.25) is 29.4 Å². The maximum Gasteiger partial charge on any atom is 0.296 e. The first kappa shape index (κ1) is 21.7. The molecule has 0 radical (unpaired) electrons. The molecule has 3 aromatic rings. The summed E-state index contributed by atoms with van der Waals surface area (Å²) in [6, 6.07) is 21.9. The van der Waals surface area contributed by atoms with Crippen LogP contribution >= 0.6 is 0 Å². The third kappa shape index (κ3) is 3.32. The van der Waals surface area contributed by atoms with Crippen LogP contribution in [-0.4, -0.2) is 22.4 Å². The molecule has 1 aliphatic heterocycles. The van der Waals surface area contributed by atoms with Crippen LogP contribution in [0, 0.1) is 15.5 Å². The molecule has 1 aliphatic carbocycles. The summed E-state index contributed by atoms with van der Waals surface area (Å²) in [7, 11) is 0. The topological polar surface area (TPSA) is 97.6 Å². The highest BCUT2D eigenvalue weighted by Crippen LogP contribution is 2.53. The summed E-state index contributed by atoms with van der Waals surface area (Å²) >= 11 is 0. The van der Waals surface area contributed by atoms with Gasteiger partial charge in [-0.05, 0) is 41.7 Å². The van der Waals surface area contributed by atoms with E-state index in [-0.39, 0.29) is 24.3 Å². The highest BCUT2D eigenvalue weighted by atomic mass is 16.6. The highest BCUT2D eigenvalue weighted by Gasteiger charge is 2.64. The number of carbonyl (C=O) groups excluding carboxylic acids is 3. The molecule has 2 fully saturated rings. The van der Waals surface area contributed by atoms with Crippen molar-refractivity contribution in [2.45, 2.75) is 31.7 Å². The van der Waals surface area contributed by atoms with Crippen LogP contribution < -0.4 is 4.90 Å². The first-order chi connectivity index (χ1) is 16.4. The van der Waals surface area contributed by atoms with Crippen molar-refractivity contribution in [3.8, 4) is 11.1 Å². The molecule has 7 heteroatoms. The molecule has 5 rings (SSSR count). The Morgan fingerprint density at radius 2 is 1.56 bits per heavy atom. The van der Waals surface area contributed by atoms with Crippen LogP contribution in [0.4, 0.5) is 11.4 Å². The summed E-state index contributed by atoms with van der Waals surface area (Å²) in [5, 5.41) is 11.2. The summed E-state index contributed by atoms with van der Waals surface area (Å²) in [5.41, 5.74) is 1.30. The van der Waals surface area contributed by atoms with Crippen LogP contribution in [0.2, 0.25) is 0 Å². The highest BCUT2D eigenvalue weighted by molar-refractivity contribution is 6.50. The van der Waals surface area contributed by atoms with Crippen molar-refractivity contribution in [2.75, 3.05) is 4.90 Å². The Morgan fingerprint density at radius 1 is 0.853 bits per heavy atom. The minimum absolute atomic E-state index is 0.0963. The molecule has 170 valence electrons. The Labute approximate surface area is 196 Å². The second kappa shape index (κ2) is 8.33. The SMILES string of the molecule is O=C1C(=O)C2(CCCCC2=O)C(c2ccc([N+](=O)[O-])cc2)N1c1cccc(-c2ccccc2)c1. The molecule has 34 heavy (non-hydrogen) atoms. The molecule has 0 bridgehead atoms. The van der Waals surface area contributed by atoms with Crippen LogP contribution in [0.1, 0.15) is 37.3 Å². The molecule has 2 unspecified atom stereocenters. The van der Waals surface area contributed by atoms with E-state index in [0.717, 1.165) is 11.1 Å². The number of nitro benzene ring substituents is 1. The van der Waals surface area contributed by atoms with E-state index in [1.165, 1.54) is 17.0 Å². The third-order valence-corrected chi connectivity index (χ3v) is 6.92. The van der Waals surface area contributed by atoms with Gasteiger partial charge in [-0.2, -0.15) is 0 Å². The van der Waals surface area contributed by atoms with Crippen molar-refractivity contribution in [3.63, 3.8) is 0 Å². The van der Waals surface area contributed by atoms with Crippen molar-refractivity contribution in [1.29, 1.82) is 0 Å². The smallest absolute Gasteiger partial charge is 0.296 e. The Bertz CT molecular complexity index is 1300. The molecule has 3 aromatic carbocycles. The number of rotatable bonds is 4. The molecule has 1 amide bonds. The van der Waals surface area contributed by atoms with E-state index in [1.54, 1.807) is 18.2 Å². The van der Waals surface area contributed by atoms with Gasteiger partial charge in [0.1, 0.15) is 11.2 Å². The molecule has 2 atom stereocenters. The molecule has 1 heterocycles. The summed E-state index contributed by atoms with van der Waals surface area (Å²) < 4.78 is 0. The summed E-state index contributed by atoms with van der Waals surface area (Å²) in [5.74, 6) is -1.64. The number of nitro groups is 1. The number of Topliss-reactive ketones (excluding diaryl/α,β-unsaturated/α-hetero) is 2. The van der Waals surface area contributed by atoms with Crippen LogP contribution in [-0.2, 0) is 14.4 Å². The maximum atomic E-state index is 13.5. The number of hydrogen-bond donors (Lipinski definition) is 0. The van der Waals surface area contributed by atoms with Crippen LogP contribution in [0.5, 0.6) is 0 Å². The molecule has 7 nitrogen and oxygen atoms in total. The number of hydrogen-bond acceptors (Lipinski definition) is 5. The lowest BCUT2D eigenvalue weighted by molar-refractivity contribution is -0.384. The largest absolute Gasteiger partial charge is 0.298 e. The summed E-state index contributed by atoms with van der Waals surface area (Å²) in [4.78, 5) is 52.3. The monoisotopic (exact) mass is 454 g/mol. The van der Waals surface area contributed by atoms with Gasteiger partial charge in [-0.1, -0.05) is 61.0 Å². The molecule has 1 spiro atoms. The lowest BCUT2D eigenvalue weighted by Gasteiger charge is -2.37. The van der Waals surface area contributed by atoms with Crippen molar-refractivity contribution < 1.29 is 19.3 Å². The maximum absolute atomic E-state index is 13.5. The molecule has 2 aliphatic rings. The van der Waals surface area contributed by atoms with Gasteiger partial charge >= 0.3 is 0 Å². The van der Waals surface area contributed by atoms with Crippen molar-refractivity contribution in [2.24, 2.45) is 5.41 Å². The molecular formula is C27H22N2O5. The molecule has 0 N–H and O–H groups in total. The van der Waals surface area contributed by atoms with Gasteiger partial charge in [0, 0.05) is 24.2 Å². The minimum atomic E-state index is -1.48. The lowest BCUT2D eigenvalue weighted by Crippen LogP contribution is -2.44. The summed E-state index contributed by atoms with van der Waals surface area (Å²) in [6.45, 7) is 0. The van der Waals surface area contributed by atoms with Crippen LogP contribution in [0.25, 0.3) is 11.1 Å². The predicted molar refractivity (Wildman–Crippen MR) is 126 cm³/mol. The Hall–Kier alpha value is -4.13. The number of benzene rings is 3. The third-order valence-electron chi connectivity index (χ3n) is 6.92. The van der Waals surface area contributed by atoms with E-state index in [1.807, 2.05) is 48.5 Å². The molecular weight excluding hydrogens is 432 g/mol. The van der Waals surface area contributed by atoms with E-state index < -0.39 is 28.1 Å². The minimum Gasteiger partial charge on any atom is -0.298 e. The second-order valence-electron chi connectivity index (χ2n) is 8.77. The zero-order chi connectivity index (χ0) is 23.9. The molecule has 1 saturated carbocycles. The normalized spacial score (nSPS) is 22.4. The van der Waals surface area contributed by atoms with E-state index in [4.69, 9.17) is 0 Å². The average molecular weight is 454 g/mol. The number of ketones is 2. The van der Waals surface area contributed by atoms with E-state index in [0.29, 0.717) is 24.1 Å². The van der Waals surface area contributed by atoms with Gasteiger partial charge in [0.05, 0.1) is 11.0 Å². The average Bonchev–Trinajstić information content (AvgIpc) is 3.09. The first-order valence-electron chi connectivity index (χ1n) is 11.2. The summed E-state index contributed by atoms with van der Waals surface area (Å²) in [6.07, 6.45) is 1.86. The standard InChI is InChI=1S/C27H22N2O5/c30-23-11-4-5-16-27(23)24(19-12-14-21(15-13-19)29(33)34)28(26(32)25(27)31)22-10-6-9-20(17-22)18-7-2-1-3-8-18/h1-3,6-10,12-15,17,24H,4-5,11,16H2. The van der Waals surface area contributed by atoms with Crippen molar-refractivity contribution >= 4 is 28.8 Å². The van der Waals surface area contributed by atoms with Crippen molar-refractivity contribution in [1.82, 2.24) is 0 Å². The zero-order valence-electron chi connectivity index (χ0n) is 18.3.